The summed E-state index contributed by atoms with van der Waals surface area (Å²) in [6.45, 7) is 0. The molecule has 2 bridgehead atoms. The van der Waals surface area contributed by atoms with Crippen LogP contribution in [0.2, 0.25) is 0 Å². The quantitative estimate of drug-likeness (QED) is 0.383. The molecule has 0 heterocycles. The molecule has 1 aromatic carbocycles. The molecule has 27 heavy (non-hydrogen) atoms. The zero-order chi connectivity index (χ0) is 19.6. The van der Waals surface area contributed by atoms with Crippen LogP contribution in [0.3, 0.4) is 0 Å². The third-order valence-electron chi connectivity index (χ3n) is 5.50. The number of amides is 2. The first-order chi connectivity index (χ1) is 12.8. The van der Waals surface area contributed by atoms with E-state index < -0.39 is 10.8 Å². The molecule has 2 atom stereocenters. The Morgan fingerprint density at radius 2 is 1.93 bits per heavy atom. The van der Waals surface area contributed by atoms with Crippen LogP contribution >= 0.6 is 11.8 Å². The summed E-state index contributed by atoms with van der Waals surface area (Å²) in [6.07, 6.45) is 5.23. The van der Waals surface area contributed by atoms with Crippen molar-refractivity contribution < 1.29 is 14.5 Å². The van der Waals surface area contributed by atoms with E-state index in [4.69, 9.17) is 11.5 Å². The van der Waals surface area contributed by atoms with Gasteiger partial charge in [0, 0.05) is 23.7 Å². The smallest absolute Gasteiger partial charge is 0.283 e. The molecule has 2 amide bonds. The number of carbonyl (C=O) groups is 2. The number of nitrogens with one attached hydrogen (secondary N) is 1. The van der Waals surface area contributed by atoms with E-state index in [1.54, 1.807) is 0 Å². The Kier molecular flexibility index (Phi) is 6.01. The van der Waals surface area contributed by atoms with Crippen molar-refractivity contribution in [2.75, 3.05) is 5.75 Å². The highest BCUT2D eigenvalue weighted by Gasteiger charge is 2.39. The highest BCUT2D eigenvalue weighted by molar-refractivity contribution is 8.00. The maximum absolute atomic E-state index is 12.4. The van der Waals surface area contributed by atoms with Crippen molar-refractivity contribution in [3.8, 4) is 0 Å². The first-order valence-electron chi connectivity index (χ1n) is 9.11. The summed E-state index contributed by atoms with van der Waals surface area (Å²) in [5.41, 5.74) is 11.1. The van der Waals surface area contributed by atoms with E-state index in [0.29, 0.717) is 16.7 Å². The van der Waals surface area contributed by atoms with Crippen LogP contribution in [-0.4, -0.2) is 34.6 Å². The lowest BCUT2D eigenvalue weighted by Crippen LogP contribution is -2.54. The van der Waals surface area contributed by atoms with E-state index in [1.165, 1.54) is 18.6 Å². The molecule has 2 fully saturated rings. The van der Waals surface area contributed by atoms with Crippen molar-refractivity contribution in [2.45, 2.75) is 49.1 Å². The number of nitro groups is 1. The predicted molar refractivity (Wildman–Crippen MR) is 102 cm³/mol. The number of nitro benzene ring substituents is 1. The Morgan fingerprint density at radius 3 is 2.52 bits per heavy atom. The number of benzene rings is 1. The Labute approximate surface area is 161 Å². The van der Waals surface area contributed by atoms with Gasteiger partial charge in [0.15, 0.2) is 0 Å². The molecule has 1 aromatic rings. The molecule has 2 aliphatic carbocycles. The predicted octanol–water partition coefficient (Wildman–Crippen LogP) is 1.81. The Bertz CT molecular complexity index is 743. The third kappa shape index (κ3) is 4.59. The van der Waals surface area contributed by atoms with E-state index in [2.05, 4.69) is 5.32 Å². The topological polar surface area (TPSA) is 141 Å². The molecule has 0 radical (unpaired) electrons. The molecule has 0 aromatic heterocycles. The van der Waals surface area contributed by atoms with Crippen molar-refractivity contribution in [1.82, 2.24) is 5.32 Å². The van der Waals surface area contributed by atoms with Gasteiger partial charge in [0.1, 0.15) is 0 Å². The van der Waals surface area contributed by atoms with Crippen LogP contribution in [0.15, 0.2) is 23.1 Å². The number of hydrogen-bond donors (Lipinski definition) is 3. The van der Waals surface area contributed by atoms with Gasteiger partial charge in [0.2, 0.25) is 11.8 Å². The molecule has 3 rings (SSSR count). The minimum atomic E-state index is -0.727. The Balaban J connectivity index is 1.62. The van der Waals surface area contributed by atoms with Crippen LogP contribution < -0.4 is 16.8 Å². The summed E-state index contributed by atoms with van der Waals surface area (Å²) < 4.78 is 0. The van der Waals surface area contributed by atoms with Crippen LogP contribution in [0.5, 0.6) is 0 Å². The molecule has 5 N–H and O–H groups in total. The fourth-order valence-electron chi connectivity index (χ4n) is 4.33. The number of carbonyl (C=O) groups excluding carboxylic acids is 2. The van der Waals surface area contributed by atoms with Crippen LogP contribution in [0, 0.1) is 22.0 Å². The SMILES string of the molecule is NC(=O)c1ccc(SCC(=O)NC2C3CCCC2CC(N)C3)c([N+](=O)[O-])c1. The van der Waals surface area contributed by atoms with E-state index in [9.17, 15) is 19.7 Å². The van der Waals surface area contributed by atoms with Crippen LogP contribution in [0.1, 0.15) is 42.5 Å². The summed E-state index contributed by atoms with van der Waals surface area (Å²) in [5.74, 6) is 0.0648. The minimum Gasteiger partial charge on any atom is -0.366 e. The fourth-order valence-corrected chi connectivity index (χ4v) is 5.15. The second-order valence-corrected chi connectivity index (χ2v) is 8.39. The zero-order valence-corrected chi connectivity index (χ0v) is 15.7. The van der Waals surface area contributed by atoms with Gasteiger partial charge in [-0.15, -0.1) is 11.8 Å². The number of thioether (sulfide) groups is 1. The van der Waals surface area contributed by atoms with Crippen LogP contribution in [-0.2, 0) is 4.79 Å². The van der Waals surface area contributed by atoms with Crippen LogP contribution in [0.25, 0.3) is 0 Å². The number of fused-ring (bicyclic) bond motifs is 2. The second kappa shape index (κ2) is 8.26. The van der Waals surface area contributed by atoms with Gasteiger partial charge in [-0.05, 0) is 49.7 Å². The first-order valence-corrected chi connectivity index (χ1v) is 10.1. The number of nitrogens with zero attached hydrogens (tertiary/aromatic N) is 1. The second-order valence-electron chi connectivity index (χ2n) is 7.37. The van der Waals surface area contributed by atoms with Gasteiger partial charge >= 0.3 is 0 Å². The molecule has 0 aliphatic heterocycles. The lowest BCUT2D eigenvalue weighted by atomic mass is 9.67. The maximum Gasteiger partial charge on any atom is 0.283 e. The molecular formula is C18H24N4O4S. The largest absolute Gasteiger partial charge is 0.366 e. The number of hydrogen-bond acceptors (Lipinski definition) is 6. The van der Waals surface area contributed by atoms with Gasteiger partial charge in [-0.1, -0.05) is 6.42 Å². The molecule has 2 saturated carbocycles. The molecular weight excluding hydrogens is 368 g/mol. The van der Waals surface area contributed by atoms with Crippen LogP contribution in [0.4, 0.5) is 5.69 Å². The van der Waals surface area contributed by atoms with Crippen molar-refractivity contribution in [2.24, 2.45) is 23.3 Å². The standard InChI is InChI=1S/C18H24N4O4S/c19-13-6-10-2-1-3-11(7-13)17(10)21-16(23)9-27-15-5-4-12(18(20)24)8-14(15)22(25)26/h4-5,8,10-11,13,17H,1-3,6-7,9,19H2,(H2,20,24)(H,21,23). The summed E-state index contributed by atoms with van der Waals surface area (Å²) in [5, 5.41) is 14.4. The first kappa shape index (κ1) is 19.6. The normalized spacial score (nSPS) is 27.0. The summed E-state index contributed by atoms with van der Waals surface area (Å²) in [7, 11) is 0. The third-order valence-corrected chi connectivity index (χ3v) is 6.57. The lowest BCUT2D eigenvalue weighted by molar-refractivity contribution is -0.387. The molecule has 9 heteroatoms. The summed E-state index contributed by atoms with van der Waals surface area (Å²) >= 11 is 1.09. The number of primary amides is 1. The van der Waals surface area contributed by atoms with Gasteiger partial charge in [0.05, 0.1) is 15.6 Å². The minimum absolute atomic E-state index is 0.0712. The highest BCUT2D eigenvalue weighted by atomic mass is 32.2. The highest BCUT2D eigenvalue weighted by Crippen LogP contribution is 2.39. The zero-order valence-electron chi connectivity index (χ0n) is 14.9. The molecule has 0 spiro atoms. The number of rotatable bonds is 6. The fraction of sp³-hybridized carbons (Fsp3) is 0.556. The Hall–Kier alpha value is -2.13. The van der Waals surface area contributed by atoms with Gasteiger partial charge in [-0.3, -0.25) is 19.7 Å². The maximum atomic E-state index is 12.4. The summed E-state index contributed by atoms with van der Waals surface area (Å²) in [4.78, 5) is 34.7. The molecule has 2 aliphatic rings. The van der Waals surface area contributed by atoms with Gasteiger partial charge < -0.3 is 16.8 Å². The van der Waals surface area contributed by atoms with Gasteiger partial charge in [-0.2, -0.15) is 0 Å². The van der Waals surface area contributed by atoms with Crippen molar-refractivity contribution in [3.05, 3.63) is 33.9 Å². The average Bonchev–Trinajstić information content (AvgIpc) is 2.60. The van der Waals surface area contributed by atoms with E-state index in [-0.39, 0.29) is 35.0 Å². The monoisotopic (exact) mass is 392 g/mol. The lowest BCUT2D eigenvalue weighted by Gasteiger charge is -2.45. The molecule has 2 unspecified atom stereocenters. The van der Waals surface area contributed by atoms with E-state index in [1.807, 2.05) is 0 Å². The van der Waals surface area contributed by atoms with Gasteiger partial charge in [0.25, 0.3) is 5.69 Å². The molecule has 8 nitrogen and oxygen atoms in total. The molecule has 146 valence electrons. The van der Waals surface area contributed by atoms with Crippen molar-refractivity contribution in [1.29, 1.82) is 0 Å². The van der Waals surface area contributed by atoms with Gasteiger partial charge in [-0.25, -0.2) is 0 Å². The van der Waals surface area contributed by atoms with E-state index in [0.717, 1.165) is 43.5 Å². The van der Waals surface area contributed by atoms with E-state index >= 15 is 0 Å². The Morgan fingerprint density at radius 1 is 1.26 bits per heavy atom. The molecule has 0 saturated heterocycles. The summed E-state index contributed by atoms with van der Waals surface area (Å²) in [6, 6.07) is 4.41. The van der Waals surface area contributed by atoms with Crippen molar-refractivity contribution >= 4 is 29.3 Å². The average molecular weight is 392 g/mol. The number of nitrogens with two attached hydrogens (primary N) is 2. The van der Waals surface area contributed by atoms with Crippen molar-refractivity contribution in [3.63, 3.8) is 0 Å².